The zero-order valence-corrected chi connectivity index (χ0v) is 15.7. The van der Waals surface area contributed by atoms with E-state index in [1.807, 2.05) is 30.3 Å². The number of aromatic amines is 1. The molecule has 29 heavy (non-hydrogen) atoms. The number of carbonyl (C=O) groups is 1. The third kappa shape index (κ3) is 4.01. The fourth-order valence-corrected chi connectivity index (χ4v) is 3.03. The summed E-state index contributed by atoms with van der Waals surface area (Å²) in [4.78, 5) is 20.7. The summed E-state index contributed by atoms with van der Waals surface area (Å²) in [5, 5.41) is 20.2. The van der Waals surface area contributed by atoms with Gasteiger partial charge >= 0.3 is 0 Å². The number of aromatic nitrogens is 4. The minimum absolute atomic E-state index is 0.0787. The maximum Gasteiger partial charge on any atom is 0.289 e. The highest BCUT2D eigenvalue weighted by molar-refractivity contribution is 5.95. The van der Waals surface area contributed by atoms with Crippen molar-refractivity contribution in [2.24, 2.45) is 0 Å². The zero-order chi connectivity index (χ0) is 20.2. The van der Waals surface area contributed by atoms with Crippen molar-refractivity contribution >= 4 is 16.8 Å². The van der Waals surface area contributed by atoms with Crippen LogP contribution in [0.5, 0.6) is 11.6 Å². The van der Waals surface area contributed by atoms with Crippen LogP contribution in [-0.4, -0.2) is 44.8 Å². The van der Waals surface area contributed by atoms with Gasteiger partial charge in [0.1, 0.15) is 5.75 Å². The fourth-order valence-electron chi connectivity index (χ4n) is 3.03. The predicted molar refractivity (Wildman–Crippen MR) is 108 cm³/mol. The summed E-state index contributed by atoms with van der Waals surface area (Å²) in [5.41, 5.74) is 3.27. The monoisotopic (exact) mass is 389 g/mol. The molecule has 0 radical (unpaired) electrons. The number of methoxy groups -OCH3 is 1. The maximum atomic E-state index is 12.5. The molecule has 0 fully saturated rings. The highest BCUT2D eigenvalue weighted by Crippen LogP contribution is 2.26. The third-order valence-corrected chi connectivity index (χ3v) is 4.54. The highest BCUT2D eigenvalue weighted by Gasteiger charge is 2.14. The van der Waals surface area contributed by atoms with Gasteiger partial charge in [-0.15, -0.1) is 0 Å². The van der Waals surface area contributed by atoms with E-state index in [9.17, 15) is 9.90 Å². The first-order valence-corrected chi connectivity index (χ1v) is 9.05. The lowest BCUT2D eigenvalue weighted by Crippen LogP contribution is -2.27. The molecule has 1 amide bonds. The first-order valence-electron chi connectivity index (χ1n) is 9.05. The standard InChI is InChI=1S/C21H19N5O3/c1-29-16-4-2-3-13(9-16)7-8-22-21(28)19-25-18-10-14(15-11-23-24-12-15)5-6-17(18)20(27)26-19/h2-6,9-12H,7-8H2,1H3,(H,22,28)(H,23,24)(H,25,26,27). The van der Waals surface area contributed by atoms with Crippen molar-refractivity contribution < 1.29 is 14.6 Å². The van der Waals surface area contributed by atoms with Gasteiger partial charge in [0.2, 0.25) is 11.7 Å². The minimum Gasteiger partial charge on any atom is -0.497 e. The maximum absolute atomic E-state index is 12.5. The molecule has 2 heterocycles. The second-order valence-corrected chi connectivity index (χ2v) is 6.45. The average Bonchev–Trinajstić information content (AvgIpc) is 3.28. The van der Waals surface area contributed by atoms with E-state index in [4.69, 9.17) is 4.74 Å². The van der Waals surface area contributed by atoms with Gasteiger partial charge in [0, 0.05) is 18.3 Å². The van der Waals surface area contributed by atoms with Crippen molar-refractivity contribution in [2.75, 3.05) is 13.7 Å². The number of rotatable bonds is 6. The first-order chi connectivity index (χ1) is 14.1. The largest absolute Gasteiger partial charge is 0.497 e. The molecule has 146 valence electrons. The van der Waals surface area contributed by atoms with Crippen molar-refractivity contribution in [3.8, 4) is 22.8 Å². The lowest BCUT2D eigenvalue weighted by Gasteiger charge is -2.08. The molecular weight excluding hydrogens is 370 g/mol. The van der Waals surface area contributed by atoms with Gasteiger partial charge in [-0.2, -0.15) is 10.1 Å². The topological polar surface area (TPSA) is 113 Å². The fraction of sp³-hybridized carbons (Fsp3) is 0.143. The number of carbonyl (C=O) groups excluding carboxylic acids is 1. The summed E-state index contributed by atoms with van der Waals surface area (Å²) in [7, 11) is 1.61. The molecule has 0 saturated carbocycles. The van der Waals surface area contributed by atoms with Crippen molar-refractivity contribution in [3.63, 3.8) is 0 Å². The summed E-state index contributed by atoms with van der Waals surface area (Å²) < 4.78 is 5.20. The van der Waals surface area contributed by atoms with Gasteiger partial charge < -0.3 is 15.2 Å². The average molecular weight is 389 g/mol. The number of amides is 1. The van der Waals surface area contributed by atoms with E-state index < -0.39 is 5.91 Å². The van der Waals surface area contributed by atoms with Crippen molar-refractivity contribution in [2.45, 2.75) is 6.42 Å². The summed E-state index contributed by atoms with van der Waals surface area (Å²) in [6.45, 7) is 0.406. The number of fused-ring (bicyclic) bond motifs is 1. The molecule has 0 bridgehead atoms. The van der Waals surface area contributed by atoms with Gasteiger partial charge in [0.25, 0.3) is 5.91 Å². The van der Waals surface area contributed by atoms with Crippen LogP contribution in [0.25, 0.3) is 22.0 Å². The van der Waals surface area contributed by atoms with Crippen molar-refractivity contribution in [1.82, 2.24) is 25.5 Å². The van der Waals surface area contributed by atoms with E-state index in [1.54, 1.807) is 31.6 Å². The van der Waals surface area contributed by atoms with E-state index in [-0.39, 0.29) is 11.7 Å². The van der Waals surface area contributed by atoms with Crippen LogP contribution in [0.2, 0.25) is 0 Å². The Hall–Kier alpha value is -3.94. The zero-order valence-electron chi connectivity index (χ0n) is 15.7. The Morgan fingerprint density at radius 1 is 1.17 bits per heavy atom. The summed E-state index contributed by atoms with van der Waals surface area (Å²) in [6.07, 6.45) is 4.08. The van der Waals surface area contributed by atoms with Crippen LogP contribution >= 0.6 is 0 Å². The number of nitrogens with one attached hydrogen (secondary N) is 2. The van der Waals surface area contributed by atoms with E-state index in [0.29, 0.717) is 23.9 Å². The Balaban J connectivity index is 1.50. The number of nitrogens with zero attached hydrogens (tertiary/aromatic N) is 3. The van der Waals surface area contributed by atoms with E-state index in [1.165, 1.54) is 0 Å². The Morgan fingerprint density at radius 3 is 2.86 bits per heavy atom. The Kier molecular flexibility index (Phi) is 5.07. The van der Waals surface area contributed by atoms with Gasteiger partial charge in [-0.1, -0.05) is 18.2 Å². The molecule has 2 aromatic heterocycles. The molecule has 0 atom stereocenters. The van der Waals surface area contributed by atoms with E-state index in [2.05, 4.69) is 25.5 Å². The molecule has 0 unspecified atom stereocenters. The highest BCUT2D eigenvalue weighted by atomic mass is 16.5. The second kappa shape index (κ2) is 7.97. The van der Waals surface area contributed by atoms with Gasteiger partial charge in [-0.3, -0.25) is 9.89 Å². The van der Waals surface area contributed by atoms with Crippen LogP contribution < -0.4 is 10.1 Å². The molecule has 0 spiro atoms. The molecule has 8 heteroatoms. The van der Waals surface area contributed by atoms with Crippen LogP contribution in [-0.2, 0) is 6.42 Å². The minimum atomic E-state index is -0.446. The summed E-state index contributed by atoms with van der Waals surface area (Å²) >= 11 is 0. The van der Waals surface area contributed by atoms with Crippen molar-refractivity contribution in [1.29, 1.82) is 0 Å². The van der Waals surface area contributed by atoms with Gasteiger partial charge in [0.15, 0.2) is 0 Å². The third-order valence-electron chi connectivity index (χ3n) is 4.54. The van der Waals surface area contributed by atoms with Crippen LogP contribution in [0.3, 0.4) is 0 Å². The number of hydrogen-bond donors (Lipinski definition) is 3. The normalized spacial score (nSPS) is 10.8. The van der Waals surface area contributed by atoms with Gasteiger partial charge in [-0.05, 0) is 41.8 Å². The second-order valence-electron chi connectivity index (χ2n) is 6.45. The number of ether oxygens (including phenoxy) is 1. The van der Waals surface area contributed by atoms with E-state index >= 15 is 0 Å². The lowest BCUT2D eigenvalue weighted by atomic mass is 10.1. The summed E-state index contributed by atoms with van der Waals surface area (Å²) in [6, 6.07) is 13.0. The van der Waals surface area contributed by atoms with Crippen LogP contribution in [0, 0.1) is 0 Å². The summed E-state index contributed by atoms with van der Waals surface area (Å²) in [5.74, 6) is 0.0144. The lowest BCUT2D eigenvalue weighted by molar-refractivity contribution is 0.0943. The number of H-pyrrole nitrogens is 1. The van der Waals surface area contributed by atoms with Crippen LogP contribution in [0.4, 0.5) is 0 Å². The molecule has 2 aromatic carbocycles. The molecule has 4 aromatic rings. The molecule has 0 aliphatic rings. The Labute approximate surface area is 166 Å². The Bertz CT molecular complexity index is 1160. The quantitative estimate of drug-likeness (QED) is 0.467. The molecular formula is C21H19N5O3. The number of aromatic hydroxyl groups is 1. The van der Waals surface area contributed by atoms with E-state index in [0.717, 1.165) is 22.4 Å². The molecule has 0 saturated heterocycles. The predicted octanol–water partition coefficient (Wildman–Crippen LogP) is 2.71. The van der Waals surface area contributed by atoms with Crippen LogP contribution in [0.1, 0.15) is 16.2 Å². The van der Waals surface area contributed by atoms with Gasteiger partial charge in [0.05, 0.1) is 24.2 Å². The molecule has 0 aliphatic heterocycles. The molecule has 4 rings (SSSR count). The molecule has 8 nitrogen and oxygen atoms in total. The Morgan fingerprint density at radius 2 is 2.07 bits per heavy atom. The smallest absolute Gasteiger partial charge is 0.289 e. The number of hydrogen-bond acceptors (Lipinski definition) is 6. The number of benzene rings is 2. The van der Waals surface area contributed by atoms with Crippen molar-refractivity contribution in [3.05, 3.63) is 66.2 Å². The van der Waals surface area contributed by atoms with Crippen LogP contribution in [0.15, 0.2) is 54.9 Å². The SMILES string of the molecule is COc1cccc(CCNC(=O)c2nc(O)c3ccc(-c4cn[nH]c4)cc3n2)c1. The van der Waals surface area contributed by atoms with Gasteiger partial charge in [-0.25, -0.2) is 4.98 Å². The first kappa shape index (κ1) is 18.4. The molecule has 3 N–H and O–H groups in total. The molecule has 0 aliphatic carbocycles.